The minimum atomic E-state index is -2.10. The summed E-state index contributed by atoms with van der Waals surface area (Å²) in [4.78, 5) is 19.4. The molecule has 4 N–H and O–H groups in total. The zero-order valence-electron chi connectivity index (χ0n) is 19.2. The van der Waals surface area contributed by atoms with Crippen LogP contribution in [-0.4, -0.2) is 44.0 Å². The Morgan fingerprint density at radius 3 is 2.77 bits per heavy atom. The van der Waals surface area contributed by atoms with Gasteiger partial charge >= 0.3 is 6.09 Å². The van der Waals surface area contributed by atoms with Gasteiger partial charge in [0.15, 0.2) is 5.82 Å². The van der Waals surface area contributed by atoms with Crippen molar-refractivity contribution in [1.29, 1.82) is 0 Å². The van der Waals surface area contributed by atoms with Crippen LogP contribution < -0.4 is 15.6 Å². The van der Waals surface area contributed by atoms with Crippen molar-refractivity contribution in [3.05, 3.63) is 72.1 Å². The number of nitrogens with one attached hydrogen (secondary N) is 1. The van der Waals surface area contributed by atoms with Crippen molar-refractivity contribution in [2.24, 2.45) is 5.73 Å². The zero-order chi connectivity index (χ0) is 25.6. The van der Waals surface area contributed by atoms with Crippen molar-refractivity contribution in [3.8, 4) is 0 Å². The molecule has 2 heterocycles. The van der Waals surface area contributed by atoms with E-state index in [4.69, 9.17) is 10.5 Å². The second-order valence-corrected chi connectivity index (χ2v) is 7.99. The molecule has 10 nitrogen and oxygen atoms in total. The van der Waals surface area contributed by atoms with Crippen molar-refractivity contribution in [1.82, 2.24) is 25.1 Å². The fourth-order valence-electron chi connectivity index (χ4n) is 3.57. The van der Waals surface area contributed by atoms with Crippen LogP contribution in [0.3, 0.4) is 0 Å². The highest BCUT2D eigenvalue weighted by Gasteiger charge is 2.43. The first-order chi connectivity index (χ1) is 16.7. The number of ether oxygens (including phenoxy) is 1. The molecule has 3 aromatic rings. The Bertz CT molecular complexity index is 1160. The topological polar surface area (TPSA) is 132 Å². The zero-order valence-corrected chi connectivity index (χ0v) is 19.2. The van der Waals surface area contributed by atoms with E-state index in [2.05, 4.69) is 20.4 Å². The van der Waals surface area contributed by atoms with Gasteiger partial charge in [0.2, 0.25) is 12.6 Å². The first-order valence-electron chi connectivity index (χ1n) is 10.9. The van der Waals surface area contributed by atoms with E-state index >= 15 is 0 Å². The molecule has 0 saturated carbocycles. The maximum absolute atomic E-state index is 14.8. The van der Waals surface area contributed by atoms with Crippen molar-refractivity contribution in [2.75, 3.05) is 13.1 Å². The molecule has 0 bridgehead atoms. The van der Waals surface area contributed by atoms with Crippen LogP contribution in [-0.2, 0) is 16.9 Å². The number of nitrogens with two attached hydrogens (primary N) is 1. The molecule has 2 aromatic heterocycles. The highest BCUT2D eigenvalue weighted by molar-refractivity contribution is 5.66. The minimum absolute atomic E-state index is 0.155. The molecule has 0 aliphatic rings. The Hall–Kier alpha value is -3.58. The molecule has 0 saturated heterocycles. The highest BCUT2D eigenvalue weighted by Crippen LogP contribution is 2.39. The van der Waals surface area contributed by atoms with Crippen molar-refractivity contribution in [2.45, 2.75) is 44.6 Å². The van der Waals surface area contributed by atoms with Gasteiger partial charge in [-0.05, 0) is 19.0 Å². The van der Waals surface area contributed by atoms with E-state index in [1.165, 1.54) is 28.8 Å². The molecule has 1 amide bonds. The van der Waals surface area contributed by atoms with Crippen molar-refractivity contribution in [3.63, 3.8) is 0 Å². The van der Waals surface area contributed by atoms with Gasteiger partial charge in [-0.3, -0.25) is 0 Å². The smallest absolute Gasteiger partial charge is 0.410 e. The van der Waals surface area contributed by atoms with E-state index in [0.29, 0.717) is 25.6 Å². The molecule has 1 unspecified atom stereocenters. The predicted octanol–water partition coefficient (Wildman–Crippen LogP) is 1.66. The first kappa shape index (κ1) is 26.0. The Morgan fingerprint density at radius 2 is 2.09 bits per heavy atom. The standard InChI is InChI=1S/C22H26F3N7O3/c1-14(20-19(25)9-27-11-29-20)22(34,17-5-4-16(23)8-18(17)24)10-32-13-31(12-30-32)15(2)35-21(33)28-7-3-6-26/h4-5,8-9,11-15,34H,3,6-7,10,26H2,1-2H3/p+1/t14-,15?,22+/m0/s1. The lowest BCUT2D eigenvalue weighted by Gasteiger charge is -2.32. The number of carbonyl (C=O) groups is 1. The lowest BCUT2D eigenvalue weighted by molar-refractivity contribution is -0.753. The maximum Gasteiger partial charge on any atom is 0.410 e. The van der Waals surface area contributed by atoms with Gasteiger partial charge in [-0.25, -0.2) is 27.9 Å². The Kier molecular flexibility index (Phi) is 8.35. The predicted molar refractivity (Wildman–Crippen MR) is 116 cm³/mol. The van der Waals surface area contributed by atoms with Gasteiger partial charge in [0.25, 0.3) is 6.33 Å². The van der Waals surface area contributed by atoms with E-state index in [1.54, 1.807) is 6.92 Å². The van der Waals surface area contributed by atoms with Gasteiger partial charge in [0.1, 0.15) is 30.1 Å². The number of halogens is 3. The van der Waals surface area contributed by atoms with Gasteiger partial charge in [-0.1, -0.05) is 13.0 Å². The molecule has 0 spiro atoms. The van der Waals surface area contributed by atoms with Crippen LogP contribution in [0.1, 0.15) is 43.7 Å². The second kappa shape index (κ2) is 11.2. The summed E-state index contributed by atoms with van der Waals surface area (Å²) in [6.45, 7) is 3.48. The van der Waals surface area contributed by atoms with Crippen molar-refractivity contribution < 1.29 is 32.4 Å². The van der Waals surface area contributed by atoms with Gasteiger partial charge in [0.05, 0.1) is 11.9 Å². The normalized spacial score (nSPS) is 14.7. The van der Waals surface area contributed by atoms with Crippen LogP contribution in [0, 0.1) is 17.5 Å². The average molecular weight is 494 g/mol. The van der Waals surface area contributed by atoms with Crippen LogP contribution in [0.5, 0.6) is 0 Å². The lowest BCUT2D eigenvalue weighted by Crippen LogP contribution is -2.42. The summed E-state index contributed by atoms with van der Waals surface area (Å²) in [6.07, 6.45) is 3.98. The van der Waals surface area contributed by atoms with E-state index in [1.807, 2.05) is 0 Å². The van der Waals surface area contributed by atoms with Crippen LogP contribution in [0.4, 0.5) is 18.0 Å². The molecule has 0 fully saturated rings. The highest BCUT2D eigenvalue weighted by atomic mass is 19.1. The summed E-state index contributed by atoms with van der Waals surface area (Å²) in [6, 6.07) is 2.72. The molecule has 0 radical (unpaired) electrons. The summed E-state index contributed by atoms with van der Waals surface area (Å²) in [5, 5.41) is 18.4. The number of rotatable bonds is 10. The van der Waals surface area contributed by atoms with E-state index in [-0.39, 0.29) is 17.8 Å². The lowest BCUT2D eigenvalue weighted by atomic mass is 9.79. The number of aromatic nitrogens is 5. The molecule has 0 aliphatic heterocycles. The van der Waals surface area contributed by atoms with E-state index in [0.717, 1.165) is 24.7 Å². The molecule has 0 aliphatic carbocycles. The Balaban J connectivity index is 1.88. The molecular formula is C22H27F3N7O3+. The molecular weight excluding hydrogens is 467 g/mol. The summed E-state index contributed by atoms with van der Waals surface area (Å²) in [5.74, 6) is -3.73. The van der Waals surface area contributed by atoms with E-state index < -0.39 is 41.3 Å². The van der Waals surface area contributed by atoms with Crippen LogP contribution in [0.25, 0.3) is 0 Å². The SMILES string of the molecule is CC(OC(=O)NCCCN)[n+]1cnn(C[C@](O)(c2ccc(F)cc2F)[C@@H](C)c2ncncc2F)c1. The first-order valence-corrected chi connectivity index (χ1v) is 10.9. The fraction of sp³-hybridized carbons (Fsp3) is 0.409. The number of nitrogens with zero attached hydrogens (tertiary/aromatic N) is 5. The summed E-state index contributed by atoms with van der Waals surface area (Å²) < 4.78 is 50.8. The Morgan fingerprint density at radius 1 is 1.31 bits per heavy atom. The number of hydrogen-bond donors (Lipinski definition) is 3. The van der Waals surface area contributed by atoms with Gasteiger partial charge in [0, 0.05) is 36.1 Å². The fourth-order valence-corrected chi connectivity index (χ4v) is 3.57. The number of amides is 1. The van der Waals surface area contributed by atoms with Crippen LogP contribution in [0.2, 0.25) is 0 Å². The number of aliphatic hydroxyl groups is 1. The van der Waals surface area contributed by atoms with E-state index in [9.17, 15) is 23.1 Å². The monoisotopic (exact) mass is 494 g/mol. The molecule has 3 atom stereocenters. The van der Waals surface area contributed by atoms with Gasteiger partial charge < -0.3 is 20.9 Å². The van der Waals surface area contributed by atoms with Crippen molar-refractivity contribution >= 4 is 6.09 Å². The van der Waals surface area contributed by atoms with Crippen LogP contribution in [0.15, 0.2) is 43.4 Å². The Labute approximate surface area is 199 Å². The van der Waals surface area contributed by atoms with Crippen LogP contribution >= 0.6 is 0 Å². The number of hydrogen-bond acceptors (Lipinski definition) is 7. The largest absolute Gasteiger partial charge is 0.413 e. The maximum atomic E-state index is 14.8. The second-order valence-electron chi connectivity index (χ2n) is 7.99. The third-order valence-electron chi connectivity index (χ3n) is 5.57. The number of alkyl carbamates (subject to hydrolysis) is 1. The molecule has 1 aromatic carbocycles. The minimum Gasteiger partial charge on any atom is -0.413 e. The quantitative estimate of drug-likeness (QED) is 0.289. The number of carbonyl (C=O) groups excluding carboxylic acids is 1. The molecule has 188 valence electrons. The average Bonchev–Trinajstić information content (AvgIpc) is 3.27. The summed E-state index contributed by atoms with van der Waals surface area (Å²) >= 11 is 0. The molecule has 35 heavy (non-hydrogen) atoms. The summed E-state index contributed by atoms with van der Waals surface area (Å²) in [5.41, 5.74) is 2.87. The summed E-state index contributed by atoms with van der Waals surface area (Å²) in [7, 11) is 0. The van der Waals surface area contributed by atoms with Gasteiger partial charge in [-0.15, -0.1) is 4.68 Å². The van der Waals surface area contributed by atoms with Gasteiger partial charge in [-0.2, -0.15) is 4.57 Å². The third kappa shape index (κ3) is 6.11. The number of benzene rings is 1. The molecule has 13 heteroatoms. The molecule has 3 rings (SSSR count). The third-order valence-corrected chi connectivity index (χ3v) is 5.57.